The number of nitrogens with one attached hydrogen (secondary N) is 3. The van der Waals surface area contributed by atoms with Crippen molar-refractivity contribution >= 4 is 44.6 Å². The minimum Gasteiger partial charge on any atom is -0.472 e. The number of carbonyl (C=O) groups excluding carboxylic acids is 4. The van der Waals surface area contributed by atoms with E-state index in [1.165, 1.54) is 11.0 Å². The van der Waals surface area contributed by atoms with Gasteiger partial charge in [-0.2, -0.15) is 0 Å². The molecule has 3 heterocycles. The molecule has 3 fully saturated rings. The molecule has 2 aliphatic heterocycles. The van der Waals surface area contributed by atoms with Crippen LogP contribution in [0, 0.1) is 16.7 Å². The summed E-state index contributed by atoms with van der Waals surface area (Å²) < 4.78 is 39.7. The number of aromatic nitrogens is 1. The Morgan fingerprint density at radius 1 is 1.16 bits per heavy atom. The van der Waals surface area contributed by atoms with Gasteiger partial charge in [0.1, 0.15) is 23.7 Å². The highest BCUT2D eigenvalue weighted by molar-refractivity contribution is 7.91. The largest absolute Gasteiger partial charge is 0.472 e. The van der Waals surface area contributed by atoms with Crippen LogP contribution in [0.25, 0.3) is 10.8 Å². The first-order chi connectivity index (χ1) is 23.9. The van der Waals surface area contributed by atoms with Crippen molar-refractivity contribution < 1.29 is 37.1 Å². The van der Waals surface area contributed by atoms with E-state index in [4.69, 9.17) is 9.47 Å². The van der Waals surface area contributed by atoms with Gasteiger partial charge in [0.05, 0.1) is 18.4 Å². The van der Waals surface area contributed by atoms with Crippen molar-refractivity contribution in [3.05, 3.63) is 48.7 Å². The molecule has 4 aliphatic rings. The summed E-state index contributed by atoms with van der Waals surface area (Å²) in [4.78, 5) is 61.3. The molecule has 0 spiro atoms. The van der Waals surface area contributed by atoms with Crippen LogP contribution in [0.4, 0.5) is 4.79 Å². The quantitative estimate of drug-likeness (QED) is 0.375. The van der Waals surface area contributed by atoms with Gasteiger partial charge >= 0.3 is 6.09 Å². The molecule has 1 saturated heterocycles. The fourth-order valence-electron chi connectivity index (χ4n) is 7.07. The van der Waals surface area contributed by atoms with Gasteiger partial charge in [-0.3, -0.25) is 19.1 Å². The molecule has 2 saturated carbocycles. The second-order valence-corrected chi connectivity index (χ2v) is 18.3. The molecule has 13 nitrogen and oxygen atoms in total. The molecule has 1 aromatic carbocycles. The molecule has 5 atom stereocenters. The SMILES string of the molecule is C=C[C@@H]1C[C@]1(NC(=O)[C@@H]1C[C@@H]2CN1C(=O)[C@H](C(C)(C)C)NC(=O)OCC(C)(C)CCCc1ccc3ccnc(c3c1)O2)C(=O)NS(=O)(=O)C1CC1. The van der Waals surface area contributed by atoms with Gasteiger partial charge in [-0.1, -0.05) is 52.8 Å². The summed E-state index contributed by atoms with van der Waals surface area (Å²) in [7, 11) is -3.88. The van der Waals surface area contributed by atoms with E-state index in [0.717, 1.165) is 35.6 Å². The monoisotopic (exact) mass is 723 g/mol. The summed E-state index contributed by atoms with van der Waals surface area (Å²) in [5.41, 5.74) is -1.55. The van der Waals surface area contributed by atoms with Crippen molar-refractivity contribution in [2.24, 2.45) is 16.7 Å². The number of ether oxygens (including phenoxy) is 2. The average Bonchev–Trinajstić information content (AvgIpc) is 3.98. The van der Waals surface area contributed by atoms with E-state index in [0.29, 0.717) is 18.7 Å². The zero-order valence-electron chi connectivity index (χ0n) is 30.0. The van der Waals surface area contributed by atoms with Crippen LogP contribution in [0.5, 0.6) is 5.88 Å². The lowest BCUT2D eigenvalue weighted by atomic mass is 9.85. The predicted molar refractivity (Wildman–Crippen MR) is 190 cm³/mol. The molecule has 0 radical (unpaired) electrons. The van der Waals surface area contributed by atoms with Gasteiger partial charge in [-0.15, -0.1) is 6.58 Å². The summed E-state index contributed by atoms with van der Waals surface area (Å²) in [5.74, 6) is -2.13. The second-order valence-electron chi connectivity index (χ2n) is 16.4. The standard InChI is InChI=1S/C37H49N5O8S/c1-7-24-19-37(24,33(45)41-51(47,48)26-12-13-26)40-30(43)28-18-25-20-42(28)32(44)29(35(2,3)4)39-34(46)49-21-36(5,6)15-8-9-22-10-11-23-14-16-38-31(50-25)27(23)17-22/h7,10-11,14,16-17,24-26,28-29H,1,8-9,12-13,15,18-21H2,2-6H3,(H,39,46)(H,40,43)(H,41,45)/t24-,25-,28+,29-,37-/m1/s1. The number of amides is 4. The van der Waals surface area contributed by atoms with Crippen LogP contribution in [0.1, 0.15) is 78.7 Å². The molecule has 14 heteroatoms. The van der Waals surface area contributed by atoms with Crippen molar-refractivity contribution in [3.8, 4) is 5.88 Å². The topological polar surface area (TPSA) is 173 Å². The third kappa shape index (κ3) is 7.85. The van der Waals surface area contributed by atoms with Crippen LogP contribution in [0.15, 0.2) is 43.1 Å². The highest BCUT2D eigenvalue weighted by Gasteiger charge is 2.62. The molecule has 3 N–H and O–H groups in total. The highest BCUT2D eigenvalue weighted by atomic mass is 32.2. The van der Waals surface area contributed by atoms with Crippen LogP contribution in [0.3, 0.4) is 0 Å². The zero-order chi connectivity index (χ0) is 36.9. The minimum absolute atomic E-state index is 0.00877. The lowest BCUT2D eigenvalue weighted by Crippen LogP contribution is -2.60. The van der Waals surface area contributed by atoms with Gasteiger partial charge in [0.15, 0.2) is 0 Å². The molecule has 276 valence electrons. The number of carbonyl (C=O) groups is 4. The molecular formula is C37H49N5O8S. The van der Waals surface area contributed by atoms with Gasteiger partial charge in [0.25, 0.3) is 5.91 Å². The summed E-state index contributed by atoms with van der Waals surface area (Å²) in [6.07, 6.45) is 5.34. The Bertz CT molecular complexity index is 1850. The lowest BCUT2D eigenvalue weighted by molar-refractivity contribution is -0.142. The number of alkyl carbamates (subject to hydrolysis) is 1. The highest BCUT2D eigenvalue weighted by Crippen LogP contribution is 2.45. The first-order valence-corrected chi connectivity index (χ1v) is 19.3. The van der Waals surface area contributed by atoms with Gasteiger partial charge in [-0.05, 0) is 72.4 Å². The van der Waals surface area contributed by atoms with Crippen LogP contribution in [-0.4, -0.2) is 84.2 Å². The second kappa shape index (κ2) is 13.4. The number of fused-ring (bicyclic) bond motifs is 3. The van der Waals surface area contributed by atoms with Crippen LogP contribution < -0.4 is 20.1 Å². The van der Waals surface area contributed by atoms with E-state index in [9.17, 15) is 27.6 Å². The Morgan fingerprint density at radius 3 is 2.57 bits per heavy atom. The van der Waals surface area contributed by atoms with E-state index >= 15 is 0 Å². The third-order valence-electron chi connectivity index (χ3n) is 10.5. The van der Waals surface area contributed by atoms with Crippen molar-refractivity contribution in [2.45, 2.75) is 109 Å². The van der Waals surface area contributed by atoms with Gasteiger partial charge in [-0.25, -0.2) is 18.2 Å². The van der Waals surface area contributed by atoms with E-state index in [1.807, 2.05) is 26.0 Å². The summed E-state index contributed by atoms with van der Waals surface area (Å²) in [5, 5.41) is 6.68. The Kier molecular flexibility index (Phi) is 9.62. The minimum atomic E-state index is -3.88. The van der Waals surface area contributed by atoms with Gasteiger partial charge in [0.2, 0.25) is 27.7 Å². The number of nitrogens with zero attached hydrogens (tertiary/aromatic N) is 2. The number of aryl methyl sites for hydroxylation is 1. The summed E-state index contributed by atoms with van der Waals surface area (Å²) >= 11 is 0. The Balaban J connectivity index is 1.34. The molecule has 2 aliphatic carbocycles. The maximum Gasteiger partial charge on any atom is 0.407 e. The number of hydrogen-bond donors (Lipinski definition) is 3. The zero-order valence-corrected chi connectivity index (χ0v) is 30.8. The van der Waals surface area contributed by atoms with Crippen LogP contribution in [0.2, 0.25) is 0 Å². The van der Waals surface area contributed by atoms with E-state index in [1.54, 1.807) is 27.0 Å². The predicted octanol–water partition coefficient (Wildman–Crippen LogP) is 3.76. The number of hydrogen-bond acceptors (Lipinski definition) is 9. The van der Waals surface area contributed by atoms with Crippen molar-refractivity contribution in [1.29, 1.82) is 0 Å². The van der Waals surface area contributed by atoms with E-state index < -0.39 is 74.1 Å². The first kappa shape index (κ1) is 36.6. The molecule has 0 unspecified atom stereocenters. The number of sulfonamides is 1. The van der Waals surface area contributed by atoms with E-state index in [2.05, 4.69) is 39.1 Å². The van der Waals surface area contributed by atoms with Crippen LogP contribution in [-0.2, 0) is 35.6 Å². The fourth-order valence-corrected chi connectivity index (χ4v) is 8.43. The van der Waals surface area contributed by atoms with Crippen molar-refractivity contribution in [1.82, 2.24) is 25.2 Å². The number of benzene rings is 1. The fraction of sp³-hybridized carbons (Fsp3) is 0.595. The van der Waals surface area contributed by atoms with Gasteiger partial charge < -0.3 is 25.0 Å². The molecule has 4 amide bonds. The molecule has 2 aromatic rings. The first-order valence-electron chi connectivity index (χ1n) is 17.7. The maximum absolute atomic E-state index is 14.5. The normalized spacial score (nSPS) is 28.5. The number of cyclic esters (lactones) is 1. The maximum atomic E-state index is 14.5. The van der Waals surface area contributed by atoms with Crippen molar-refractivity contribution in [3.63, 3.8) is 0 Å². The Hall–Kier alpha value is -4.20. The number of pyridine rings is 1. The molecule has 6 rings (SSSR count). The summed E-state index contributed by atoms with van der Waals surface area (Å²) in [6, 6.07) is 5.84. The van der Waals surface area contributed by atoms with E-state index in [-0.39, 0.29) is 31.4 Å². The average molecular weight is 724 g/mol. The Morgan fingerprint density at radius 2 is 1.90 bits per heavy atom. The van der Waals surface area contributed by atoms with Gasteiger partial charge in [0, 0.05) is 23.9 Å². The molecule has 51 heavy (non-hydrogen) atoms. The smallest absolute Gasteiger partial charge is 0.407 e. The van der Waals surface area contributed by atoms with Crippen molar-refractivity contribution in [2.75, 3.05) is 13.2 Å². The summed E-state index contributed by atoms with van der Waals surface area (Å²) in [6.45, 7) is 13.4. The Labute approximate surface area is 299 Å². The third-order valence-corrected chi connectivity index (χ3v) is 12.3. The molecule has 4 bridgehead atoms. The van der Waals surface area contributed by atoms with Crippen LogP contribution >= 0.6 is 0 Å². The molecule has 1 aromatic heterocycles. The number of rotatable bonds is 6. The molecular weight excluding hydrogens is 675 g/mol. The lowest BCUT2D eigenvalue weighted by Gasteiger charge is -2.35.